The van der Waals surface area contributed by atoms with Gasteiger partial charge in [0.25, 0.3) is 0 Å². The molecule has 0 aromatic carbocycles. The smallest absolute Gasteiger partial charge is 0.313 e. The van der Waals surface area contributed by atoms with E-state index in [0.29, 0.717) is 32.1 Å². The van der Waals surface area contributed by atoms with E-state index in [-0.39, 0.29) is 11.9 Å². The lowest BCUT2D eigenvalue weighted by molar-refractivity contribution is -0.151. The Morgan fingerprint density at radius 2 is 2.06 bits per heavy atom. The molecule has 5 nitrogen and oxygen atoms in total. The van der Waals surface area contributed by atoms with Gasteiger partial charge >= 0.3 is 5.97 Å². The van der Waals surface area contributed by atoms with Gasteiger partial charge in [0.15, 0.2) is 0 Å². The summed E-state index contributed by atoms with van der Waals surface area (Å²) in [5.41, 5.74) is -0.541. The number of likely N-dealkylation sites (tertiary alicyclic amines) is 1. The van der Waals surface area contributed by atoms with Crippen molar-refractivity contribution >= 4 is 11.9 Å². The summed E-state index contributed by atoms with van der Waals surface area (Å²) in [6.07, 6.45) is 0.677. The van der Waals surface area contributed by atoms with E-state index in [1.54, 1.807) is 4.90 Å². The van der Waals surface area contributed by atoms with Crippen molar-refractivity contribution in [3.63, 3.8) is 0 Å². The zero-order valence-corrected chi connectivity index (χ0v) is 12.0. The number of likely N-dealkylation sites (N-methyl/N-ethyl adjacent to an activating group) is 1. The van der Waals surface area contributed by atoms with Crippen molar-refractivity contribution < 1.29 is 14.3 Å². The first kappa shape index (κ1) is 15.0. The topological polar surface area (TPSA) is 49.9 Å². The molecule has 0 spiro atoms. The normalized spacial score (nSPS) is 23.8. The van der Waals surface area contributed by atoms with Gasteiger partial charge in [0.2, 0.25) is 5.91 Å². The highest BCUT2D eigenvalue weighted by molar-refractivity contribution is 5.82. The molecule has 0 radical (unpaired) electrons. The predicted octanol–water partition coefficient (Wildman–Crippen LogP) is 0.738. The third-order valence-corrected chi connectivity index (χ3v) is 3.77. The molecule has 5 heteroatoms. The van der Waals surface area contributed by atoms with Gasteiger partial charge in [-0.15, -0.1) is 0 Å². The number of hydrogen-bond acceptors (Lipinski definition) is 4. The van der Waals surface area contributed by atoms with E-state index in [1.807, 2.05) is 18.9 Å². The van der Waals surface area contributed by atoms with Crippen LogP contribution in [0.15, 0.2) is 0 Å². The Hall–Kier alpha value is -1.10. The Labute approximate surface area is 109 Å². The average Bonchev–Trinajstić information content (AvgIpc) is 2.72. The maximum absolute atomic E-state index is 12.1. The van der Waals surface area contributed by atoms with Gasteiger partial charge in [0, 0.05) is 19.1 Å². The van der Waals surface area contributed by atoms with E-state index in [0.717, 1.165) is 0 Å². The van der Waals surface area contributed by atoms with Crippen LogP contribution in [0.4, 0.5) is 0 Å². The molecular formula is C13H24N2O3. The first-order valence-corrected chi connectivity index (χ1v) is 6.36. The number of carbonyl (C=O) groups excluding carboxylic acids is 2. The monoisotopic (exact) mass is 256 g/mol. The van der Waals surface area contributed by atoms with E-state index in [2.05, 4.69) is 13.8 Å². The molecule has 1 amide bonds. The minimum Gasteiger partial charge on any atom is -0.469 e. The highest BCUT2D eigenvalue weighted by Crippen LogP contribution is 2.31. The second-order valence-corrected chi connectivity index (χ2v) is 5.63. The number of ether oxygens (including phenoxy) is 1. The second-order valence-electron chi connectivity index (χ2n) is 5.63. The number of rotatable bonds is 4. The molecule has 1 rings (SSSR count). The van der Waals surface area contributed by atoms with Crippen molar-refractivity contribution in [1.29, 1.82) is 0 Å². The minimum atomic E-state index is -0.541. The van der Waals surface area contributed by atoms with Crippen molar-refractivity contribution in [2.45, 2.75) is 33.2 Å². The summed E-state index contributed by atoms with van der Waals surface area (Å²) >= 11 is 0. The number of amides is 1. The summed E-state index contributed by atoms with van der Waals surface area (Å²) < 4.78 is 4.80. The lowest BCUT2D eigenvalue weighted by Crippen LogP contribution is -2.42. The van der Waals surface area contributed by atoms with E-state index < -0.39 is 5.41 Å². The van der Waals surface area contributed by atoms with Gasteiger partial charge < -0.3 is 9.64 Å². The summed E-state index contributed by atoms with van der Waals surface area (Å²) in [6, 6.07) is 0.337. The first-order valence-electron chi connectivity index (χ1n) is 6.36. The Morgan fingerprint density at radius 1 is 1.44 bits per heavy atom. The molecule has 0 aromatic heterocycles. The maximum Gasteiger partial charge on any atom is 0.313 e. The number of carbonyl (C=O) groups is 2. The highest BCUT2D eigenvalue weighted by atomic mass is 16.5. The Morgan fingerprint density at radius 3 is 2.56 bits per heavy atom. The van der Waals surface area contributed by atoms with Crippen molar-refractivity contribution in [3.05, 3.63) is 0 Å². The Bertz CT molecular complexity index is 330. The van der Waals surface area contributed by atoms with Gasteiger partial charge in [-0.2, -0.15) is 0 Å². The fraction of sp³-hybridized carbons (Fsp3) is 0.846. The lowest BCUT2D eigenvalue weighted by Gasteiger charge is -2.25. The molecule has 1 saturated heterocycles. The lowest BCUT2D eigenvalue weighted by atomic mass is 9.90. The Balaban J connectivity index is 2.56. The number of hydrogen-bond donors (Lipinski definition) is 0. The summed E-state index contributed by atoms with van der Waals surface area (Å²) in [6.45, 7) is 7.46. The molecule has 0 saturated carbocycles. The minimum absolute atomic E-state index is 0.0822. The zero-order chi connectivity index (χ0) is 13.9. The number of esters is 1. The zero-order valence-electron chi connectivity index (χ0n) is 12.0. The van der Waals surface area contributed by atoms with E-state index >= 15 is 0 Å². The molecule has 1 heterocycles. The quantitative estimate of drug-likeness (QED) is 0.696. The summed E-state index contributed by atoms with van der Waals surface area (Å²) in [5, 5.41) is 0. The highest BCUT2D eigenvalue weighted by Gasteiger charge is 2.42. The van der Waals surface area contributed by atoms with Gasteiger partial charge in [-0.3, -0.25) is 14.5 Å². The van der Waals surface area contributed by atoms with Gasteiger partial charge in [0.1, 0.15) is 0 Å². The fourth-order valence-electron chi connectivity index (χ4n) is 2.08. The Kier molecular flexibility index (Phi) is 4.73. The van der Waals surface area contributed by atoms with E-state index in [1.165, 1.54) is 7.11 Å². The van der Waals surface area contributed by atoms with E-state index in [4.69, 9.17) is 4.74 Å². The molecular weight excluding hydrogens is 232 g/mol. The van der Waals surface area contributed by atoms with Gasteiger partial charge in [-0.25, -0.2) is 0 Å². The predicted molar refractivity (Wildman–Crippen MR) is 69.1 cm³/mol. The maximum atomic E-state index is 12.1. The molecule has 0 N–H and O–H groups in total. The molecule has 1 aliphatic rings. The molecule has 1 fully saturated rings. The molecule has 1 atom stereocenters. The van der Waals surface area contributed by atoms with Crippen LogP contribution in [0.5, 0.6) is 0 Å². The average molecular weight is 256 g/mol. The van der Waals surface area contributed by atoms with Crippen LogP contribution in [0.2, 0.25) is 0 Å². The molecule has 18 heavy (non-hydrogen) atoms. The molecule has 104 valence electrons. The van der Waals surface area contributed by atoms with Crippen molar-refractivity contribution in [1.82, 2.24) is 9.80 Å². The molecule has 0 unspecified atom stereocenters. The second kappa shape index (κ2) is 5.69. The third-order valence-electron chi connectivity index (χ3n) is 3.77. The van der Waals surface area contributed by atoms with Gasteiger partial charge in [-0.1, -0.05) is 0 Å². The van der Waals surface area contributed by atoms with Crippen LogP contribution < -0.4 is 0 Å². The summed E-state index contributed by atoms with van der Waals surface area (Å²) in [5.74, 6) is -0.145. The SMILES string of the molecule is COC(=O)[C@@]1(C)CCN(C(=O)CN(C)C(C)C)C1. The van der Waals surface area contributed by atoms with Crippen molar-refractivity contribution in [3.8, 4) is 0 Å². The summed E-state index contributed by atoms with van der Waals surface area (Å²) in [7, 11) is 3.32. The van der Waals surface area contributed by atoms with Crippen LogP contribution >= 0.6 is 0 Å². The fourth-order valence-corrected chi connectivity index (χ4v) is 2.08. The molecule has 0 bridgehead atoms. The van der Waals surface area contributed by atoms with Crippen LogP contribution in [0.25, 0.3) is 0 Å². The van der Waals surface area contributed by atoms with Crippen LogP contribution in [-0.2, 0) is 14.3 Å². The first-order chi connectivity index (χ1) is 8.30. The van der Waals surface area contributed by atoms with Crippen molar-refractivity contribution in [2.75, 3.05) is 33.8 Å². The van der Waals surface area contributed by atoms with Crippen molar-refractivity contribution in [2.24, 2.45) is 5.41 Å². The number of methoxy groups -OCH3 is 1. The third kappa shape index (κ3) is 3.22. The summed E-state index contributed by atoms with van der Waals surface area (Å²) in [4.78, 5) is 27.5. The largest absolute Gasteiger partial charge is 0.469 e. The molecule has 0 aromatic rings. The van der Waals surface area contributed by atoms with Crippen LogP contribution in [0.1, 0.15) is 27.2 Å². The van der Waals surface area contributed by atoms with Crippen LogP contribution in [0, 0.1) is 5.41 Å². The molecule has 0 aliphatic carbocycles. The molecule has 1 aliphatic heterocycles. The number of nitrogens with zero attached hydrogens (tertiary/aromatic N) is 2. The van der Waals surface area contributed by atoms with Crippen LogP contribution in [-0.4, -0.2) is 61.5 Å². The standard InChI is InChI=1S/C13H24N2O3/c1-10(2)14(4)8-11(16)15-7-6-13(3,9-15)12(17)18-5/h10H,6-9H2,1-5H3/t13-/m0/s1. The van der Waals surface area contributed by atoms with Crippen LogP contribution in [0.3, 0.4) is 0 Å². The van der Waals surface area contributed by atoms with Gasteiger partial charge in [-0.05, 0) is 34.2 Å². The van der Waals surface area contributed by atoms with E-state index in [9.17, 15) is 9.59 Å². The van der Waals surface area contributed by atoms with Gasteiger partial charge in [0.05, 0.1) is 19.1 Å².